The van der Waals surface area contributed by atoms with Gasteiger partial charge in [0.05, 0.1) is 0 Å². The van der Waals surface area contributed by atoms with E-state index in [4.69, 9.17) is 0 Å². The molecule has 0 bridgehead atoms. The fraction of sp³-hybridized carbons (Fsp3) is 0.0667. The number of aryl methyl sites for hydroxylation is 1. The van der Waals surface area contributed by atoms with Crippen molar-refractivity contribution in [2.75, 3.05) is 5.32 Å². The number of nitrogens with zero attached hydrogens (tertiary/aromatic N) is 4. The van der Waals surface area contributed by atoms with E-state index in [1.165, 1.54) is 0 Å². The molecule has 3 rings (SSSR count). The molecule has 0 saturated carbocycles. The minimum atomic E-state index is -0.288. The molecule has 0 saturated heterocycles. The van der Waals surface area contributed by atoms with Gasteiger partial charge in [0.1, 0.15) is 6.33 Å². The largest absolute Gasteiger partial charge is 0.321 e. The van der Waals surface area contributed by atoms with E-state index in [1.807, 2.05) is 31.2 Å². The minimum absolute atomic E-state index is 0.263. The third-order valence-electron chi connectivity index (χ3n) is 2.96. The number of aromatic nitrogens is 4. The Morgan fingerprint density at radius 1 is 1.10 bits per heavy atom. The van der Waals surface area contributed by atoms with Crippen LogP contribution in [0.5, 0.6) is 0 Å². The highest BCUT2D eigenvalue weighted by Gasteiger charge is 2.09. The van der Waals surface area contributed by atoms with E-state index in [0.29, 0.717) is 5.82 Å². The van der Waals surface area contributed by atoms with Crippen molar-refractivity contribution >= 4 is 11.6 Å². The van der Waals surface area contributed by atoms with Crippen LogP contribution in [0.4, 0.5) is 5.69 Å². The molecule has 0 fully saturated rings. The Morgan fingerprint density at radius 3 is 2.52 bits per heavy atom. The molecule has 0 aliphatic carbocycles. The monoisotopic (exact) mass is 279 g/mol. The first-order valence-corrected chi connectivity index (χ1v) is 6.42. The van der Waals surface area contributed by atoms with Gasteiger partial charge < -0.3 is 5.32 Å². The normalized spacial score (nSPS) is 10.3. The van der Waals surface area contributed by atoms with Crippen molar-refractivity contribution in [3.05, 3.63) is 66.4 Å². The number of benzene rings is 1. The van der Waals surface area contributed by atoms with Gasteiger partial charge >= 0.3 is 0 Å². The summed E-state index contributed by atoms with van der Waals surface area (Å²) in [5.41, 5.74) is 2.13. The molecule has 0 spiro atoms. The molecular weight excluding hydrogens is 266 g/mol. The summed E-state index contributed by atoms with van der Waals surface area (Å²) < 4.78 is 1.72. The number of imidazole rings is 1. The van der Waals surface area contributed by atoms with E-state index in [9.17, 15) is 4.79 Å². The van der Waals surface area contributed by atoms with Crippen LogP contribution in [-0.4, -0.2) is 25.7 Å². The highest BCUT2D eigenvalue weighted by atomic mass is 16.1. The Morgan fingerprint density at radius 2 is 1.90 bits per heavy atom. The lowest BCUT2D eigenvalue weighted by molar-refractivity contribution is 0.102. The first-order valence-electron chi connectivity index (χ1n) is 6.42. The van der Waals surface area contributed by atoms with Gasteiger partial charge in [0.15, 0.2) is 11.5 Å². The first-order chi connectivity index (χ1) is 10.2. The smallest absolute Gasteiger partial charge is 0.276 e. The van der Waals surface area contributed by atoms with E-state index in [1.54, 1.807) is 35.4 Å². The van der Waals surface area contributed by atoms with Crippen LogP contribution in [0.25, 0.3) is 5.82 Å². The molecule has 0 radical (unpaired) electrons. The SMILES string of the molecule is Cc1ccc(NC(=O)c2ccc(-n3ccnc3)nn2)cc1. The second-order valence-corrected chi connectivity index (χ2v) is 4.57. The third-order valence-corrected chi connectivity index (χ3v) is 2.96. The average Bonchev–Trinajstić information content (AvgIpc) is 3.04. The molecule has 2 aromatic heterocycles. The summed E-state index contributed by atoms with van der Waals surface area (Å²) >= 11 is 0. The number of anilines is 1. The van der Waals surface area contributed by atoms with Gasteiger partial charge in [0.25, 0.3) is 5.91 Å². The molecular formula is C15H13N5O. The summed E-state index contributed by atoms with van der Waals surface area (Å²) in [6.45, 7) is 1.99. The maximum absolute atomic E-state index is 12.1. The number of hydrogen-bond acceptors (Lipinski definition) is 4. The zero-order valence-electron chi connectivity index (χ0n) is 11.4. The maximum atomic E-state index is 12.1. The molecule has 2 heterocycles. The predicted octanol–water partition coefficient (Wildman–Crippen LogP) is 2.22. The molecule has 0 atom stereocenters. The molecule has 0 unspecified atom stereocenters. The third kappa shape index (κ3) is 2.94. The van der Waals surface area contributed by atoms with Crippen LogP contribution in [0, 0.1) is 6.92 Å². The lowest BCUT2D eigenvalue weighted by Crippen LogP contribution is -2.14. The summed E-state index contributed by atoms with van der Waals surface area (Å²) in [5.74, 6) is 0.322. The molecule has 21 heavy (non-hydrogen) atoms. The van der Waals surface area contributed by atoms with Crippen molar-refractivity contribution in [3.63, 3.8) is 0 Å². The summed E-state index contributed by atoms with van der Waals surface area (Å²) in [6.07, 6.45) is 5.03. The van der Waals surface area contributed by atoms with Gasteiger partial charge in [-0.3, -0.25) is 9.36 Å². The molecule has 1 aromatic carbocycles. The first kappa shape index (κ1) is 13.0. The number of rotatable bonds is 3. The summed E-state index contributed by atoms with van der Waals surface area (Å²) in [4.78, 5) is 16.0. The van der Waals surface area contributed by atoms with Crippen molar-refractivity contribution in [3.8, 4) is 5.82 Å². The topological polar surface area (TPSA) is 72.7 Å². The Kier molecular flexibility index (Phi) is 3.42. The van der Waals surface area contributed by atoms with Crippen molar-refractivity contribution in [1.82, 2.24) is 19.7 Å². The Balaban J connectivity index is 1.74. The van der Waals surface area contributed by atoms with Gasteiger partial charge in [-0.2, -0.15) is 0 Å². The van der Waals surface area contributed by atoms with E-state index in [2.05, 4.69) is 20.5 Å². The van der Waals surface area contributed by atoms with E-state index in [0.717, 1.165) is 11.3 Å². The highest BCUT2D eigenvalue weighted by molar-refractivity contribution is 6.02. The summed E-state index contributed by atoms with van der Waals surface area (Å²) in [6, 6.07) is 10.9. The molecule has 6 heteroatoms. The van der Waals surface area contributed by atoms with Crippen molar-refractivity contribution < 1.29 is 4.79 Å². The van der Waals surface area contributed by atoms with Gasteiger partial charge in [-0.1, -0.05) is 17.7 Å². The van der Waals surface area contributed by atoms with Crippen LogP contribution in [0.1, 0.15) is 16.1 Å². The minimum Gasteiger partial charge on any atom is -0.321 e. The van der Waals surface area contributed by atoms with Crippen LogP contribution in [0.2, 0.25) is 0 Å². The van der Waals surface area contributed by atoms with Crippen molar-refractivity contribution in [2.45, 2.75) is 6.92 Å². The highest BCUT2D eigenvalue weighted by Crippen LogP contribution is 2.10. The van der Waals surface area contributed by atoms with Gasteiger partial charge in [0, 0.05) is 18.1 Å². The van der Waals surface area contributed by atoms with Crippen LogP contribution >= 0.6 is 0 Å². The maximum Gasteiger partial charge on any atom is 0.276 e. The summed E-state index contributed by atoms with van der Waals surface area (Å²) in [7, 11) is 0. The second kappa shape index (κ2) is 5.54. The lowest BCUT2D eigenvalue weighted by Gasteiger charge is -2.05. The lowest BCUT2D eigenvalue weighted by atomic mass is 10.2. The van der Waals surface area contributed by atoms with Gasteiger partial charge in [0.2, 0.25) is 0 Å². The molecule has 1 N–H and O–H groups in total. The Bertz CT molecular complexity index is 733. The zero-order chi connectivity index (χ0) is 14.7. The van der Waals surface area contributed by atoms with E-state index < -0.39 is 0 Å². The Hall–Kier alpha value is -3.02. The van der Waals surface area contributed by atoms with Crippen molar-refractivity contribution in [1.29, 1.82) is 0 Å². The van der Waals surface area contributed by atoms with Crippen LogP contribution in [0.15, 0.2) is 55.1 Å². The molecule has 1 amide bonds. The molecule has 104 valence electrons. The quantitative estimate of drug-likeness (QED) is 0.798. The molecule has 6 nitrogen and oxygen atoms in total. The average molecular weight is 279 g/mol. The predicted molar refractivity (Wildman–Crippen MR) is 78.3 cm³/mol. The van der Waals surface area contributed by atoms with E-state index >= 15 is 0 Å². The molecule has 3 aromatic rings. The van der Waals surface area contributed by atoms with E-state index in [-0.39, 0.29) is 11.6 Å². The summed E-state index contributed by atoms with van der Waals surface area (Å²) in [5, 5.41) is 10.7. The molecule has 0 aliphatic heterocycles. The second-order valence-electron chi connectivity index (χ2n) is 4.57. The fourth-order valence-corrected chi connectivity index (χ4v) is 1.81. The Labute approximate surface area is 121 Å². The van der Waals surface area contributed by atoms with Gasteiger partial charge in [-0.25, -0.2) is 4.98 Å². The van der Waals surface area contributed by atoms with Crippen LogP contribution in [-0.2, 0) is 0 Å². The van der Waals surface area contributed by atoms with Crippen molar-refractivity contribution in [2.24, 2.45) is 0 Å². The van der Waals surface area contributed by atoms with Crippen LogP contribution < -0.4 is 5.32 Å². The van der Waals surface area contributed by atoms with Gasteiger partial charge in [-0.05, 0) is 31.2 Å². The number of nitrogens with one attached hydrogen (secondary N) is 1. The number of hydrogen-bond donors (Lipinski definition) is 1. The number of carbonyl (C=O) groups is 1. The standard InChI is InChI=1S/C15H13N5O/c1-11-2-4-12(5-3-11)17-15(21)13-6-7-14(19-18-13)20-9-8-16-10-20/h2-10H,1H3,(H,17,21). The number of amides is 1. The molecule has 0 aliphatic rings. The fourth-order valence-electron chi connectivity index (χ4n) is 1.81. The van der Waals surface area contributed by atoms with Gasteiger partial charge in [-0.15, -0.1) is 10.2 Å². The van der Waals surface area contributed by atoms with Crippen LogP contribution in [0.3, 0.4) is 0 Å². The zero-order valence-corrected chi connectivity index (χ0v) is 11.4. The number of carbonyl (C=O) groups excluding carboxylic acids is 1.